The summed E-state index contributed by atoms with van der Waals surface area (Å²) in [4.78, 5) is 14.9. The van der Waals surface area contributed by atoms with Crippen molar-refractivity contribution in [3.8, 4) is 0 Å². The molecule has 3 heteroatoms. The van der Waals surface area contributed by atoms with Crippen molar-refractivity contribution in [2.24, 2.45) is 17.8 Å². The van der Waals surface area contributed by atoms with Crippen molar-refractivity contribution in [1.82, 2.24) is 5.32 Å². The molecule has 2 atom stereocenters. The molecule has 1 heterocycles. The molecule has 0 bridgehead atoms. The number of para-hydroxylation sites is 1. The molecule has 1 amide bonds. The Balaban J connectivity index is 1.63. The van der Waals surface area contributed by atoms with Crippen molar-refractivity contribution in [2.75, 3.05) is 24.5 Å². The Bertz CT molecular complexity index is 477. The van der Waals surface area contributed by atoms with Crippen molar-refractivity contribution < 1.29 is 4.79 Å². The van der Waals surface area contributed by atoms with E-state index in [4.69, 9.17) is 0 Å². The van der Waals surface area contributed by atoms with E-state index < -0.39 is 0 Å². The van der Waals surface area contributed by atoms with Gasteiger partial charge in [-0.25, -0.2) is 0 Å². The van der Waals surface area contributed by atoms with Crippen LogP contribution >= 0.6 is 0 Å². The zero-order valence-corrected chi connectivity index (χ0v) is 13.6. The van der Waals surface area contributed by atoms with Crippen molar-refractivity contribution in [1.29, 1.82) is 0 Å². The fourth-order valence-electron chi connectivity index (χ4n) is 3.43. The molecule has 22 heavy (non-hydrogen) atoms. The van der Waals surface area contributed by atoms with Crippen molar-refractivity contribution in [3.05, 3.63) is 30.3 Å². The number of carbonyl (C=O) groups is 1. The summed E-state index contributed by atoms with van der Waals surface area (Å²) >= 11 is 0. The molecule has 0 radical (unpaired) electrons. The normalized spacial score (nSPS) is 23.0. The molecule has 2 unspecified atom stereocenters. The maximum atomic E-state index is 12.9. The van der Waals surface area contributed by atoms with Gasteiger partial charge in [0.15, 0.2) is 0 Å². The van der Waals surface area contributed by atoms with Crippen molar-refractivity contribution in [3.63, 3.8) is 0 Å². The molecule has 1 aliphatic carbocycles. The van der Waals surface area contributed by atoms with Crippen LogP contribution in [0.3, 0.4) is 0 Å². The van der Waals surface area contributed by atoms with E-state index in [1.807, 2.05) is 23.1 Å². The Morgan fingerprint density at radius 1 is 1.27 bits per heavy atom. The van der Waals surface area contributed by atoms with Crippen LogP contribution in [0.2, 0.25) is 0 Å². The summed E-state index contributed by atoms with van der Waals surface area (Å²) in [5.74, 6) is 2.13. The SMILES string of the molecule is CC(CC(=O)N(CC1CC1)c1ccccc1)C1CCCNC1. The van der Waals surface area contributed by atoms with Gasteiger partial charge in [0.05, 0.1) is 0 Å². The largest absolute Gasteiger partial charge is 0.316 e. The number of nitrogens with one attached hydrogen (secondary N) is 1. The Hall–Kier alpha value is -1.35. The molecule has 1 aliphatic heterocycles. The van der Waals surface area contributed by atoms with E-state index in [1.54, 1.807) is 0 Å². The van der Waals surface area contributed by atoms with Gasteiger partial charge in [-0.15, -0.1) is 0 Å². The molecule has 1 aromatic carbocycles. The van der Waals surface area contributed by atoms with Crippen LogP contribution in [0.15, 0.2) is 30.3 Å². The Morgan fingerprint density at radius 3 is 2.68 bits per heavy atom. The molecular formula is C19H28N2O. The lowest BCUT2D eigenvalue weighted by molar-refractivity contribution is -0.119. The van der Waals surface area contributed by atoms with E-state index in [9.17, 15) is 4.79 Å². The molecule has 0 spiro atoms. The highest BCUT2D eigenvalue weighted by molar-refractivity contribution is 5.93. The number of nitrogens with zero attached hydrogens (tertiary/aromatic N) is 1. The number of piperidine rings is 1. The third kappa shape index (κ3) is 4.10. The zero-order chi connectivity index (χ0) is 15.4. The lowest BCUT2D eigenvalue weighted by Gasteiger charge is -2.30. The van der Waals surface area contributed by atoms with Gasteiger partial charge in [-0.1, -0.05) is 25.1 Å². The monoisotopic (exact) mass is 300 g/mol. The molecule has 2 fully saturated rings. The Kier molecular flexibility index (Phi) is 5.14. The summed E-state index contributed by atoms with van der Waals surface area (Å²) in [5, 5.41) is 3.47. The standard InChI is InChI=1S/C19H28N2O/c1-15(17-6-5-11-20-13-17)12-19(22)21(14-16-9-10-16)18-7-3-2-4-8-18/h2-4,7-8,15-17,20H,5-6,9-14H2,1H3. The average molecular weight is 300 g/mol. The highest BCUT2D eigenvalue weighted by Crippen LogP contribution is 2.32. The first-order valence-electron chi connectivity index (χ1n) is 8.80. The number of amides is 1. The van der Waals surface area contributed by atoms with Crippen LogP contribution < -0.4 is 10.2 Å². The summed E-state index contributed by atoms with van der Waals surface area (Å²) in [6.07, 6.45) is 5.73. The number of hydrogen-bond acceptors (Lipinski definition) is 2. The predicted molar refractivity (Wildman–Crippen MR) is 90.9 cm³/mol. The molecule has 1 saturated heterocycles. The maximum Gasteiger partial charge on any atom is 0.227 e. The quantitative estimate of drug-likeness (QED) is 0.872. The van der Waals surface area contributed by atoms with Gasteiger partial charge in [0.1, 0.15) is 0 Å². The van der Waals surface area contributed by atoms with Crippen LogP contribution in [0.4, 0.5) is 5.69 Å². The minimum Gasteiger partial charge on any atom is -0.316 e. The van der Waals surface area contributed by atoms with Gasteiger partial charge >= 0.3 is 0 Å². The van der Waals surface area contributed by atoms with Gasteiger partial charge < -0.3 is 10.2 Å². The summed E-state index contributed by atoms with van der Waals surface area (Å²) in [5.41, 5.74) is 1.06. The predicted octanol–water partition coefficient (Wildman–Crippen LogP) is 3.46. The number of benzene rings is 1. The fraction of sp³-hybridized carbons (Fsp3) is 0.632. The van der Waals surface area contributed by atoms with E-state index in [-0.39, 0.29) is 0 Å². The van der Waals surface area contributed by atoms with Gasteiger partial charge in [-0.2, -0.15) is 0 Å². The first-order valence-corrected chi connectivity index (χ1v) is 8.80. The number of anilines is 1. The average Bonchev–Trinajstić information content (AvgIpc) is 3.38. The molecule has 1 N–H and O–H groups in total. The van der Waals surface area contributed by atoms with Crippen LogP contribution in [-0.4, -0.2) is 25.5 Å². The van der Waals surface area contributed by atoms with Crippen LogP contribution in [0, 0.1) is 17.8 Å². The van der Waals surface area contributed by atoms with Crippen LogP contribution in [0.5, 0.6) is 0 Å². The lowest BCUT2D eigenvalue weighted by Crippen LogP contribution is -2.38. The van der Waals surface area contributed by atoms with E-state index in [2.05, 4.69) is 24.4 Å². The maximum absolute atomic E-state index is 12.9. The Labute approximate surface area is 134 Å². The molecule has 1 aromatic rings. The van der Waals surface area contributed by atoms with Gasteiger partial charge in [-0.3, -0.25) is 4.79 Å². The minimum absolute atomic E-state index is 0.302. The van der Waals surface area contributed by atoms with Gasteiger partial charge in [0, 0.05) is 18.7 Å². The molecular weight excluding hydrogens is 272 g/mol. The molecule has 0 aromatic heterocycles. The number of carbonyl (C=O) groups excluding carboxylic acids is 1. The van der Waals surface area contributed by atoms with Crippen molar-refractivity contribution >= 4 is 11.6 Å². The highest BCUT2D eigenvalue weighted by Gasteiger charge is 2.29. The zero-order valence-electron chi connectivity index (χ0n) is 13.6. The Morgan fingerprint density at radius 2 is 2.05 bits per heavy atom. The first-order chi connectivity index (χ1) is 10.7. The molecule has 120 valence electrons. The van der Waals surface area contributed by atoms with Crippen LogP contribution in [-0.2, 0) is 4.79 Å². The molecule has 1 saturated carbocycles. The summed E-state index contributed by atoms with van der Waals surface area (Å²) in [6, 6.07) is 10.2. The van der Waals surface area contributed by atoms with E-state index in [1.165, 1.54) is 25.7 Å². The third-order valence-corrected chi connectivity index (χ3v) is 5.14. The molecule has 2 aliphatic rings. The van der Waals surface area contributed by atoms with Gasteiger partial charge in [0.25, 0.3) is 0 Å². The number of rotatable bonds is 6. The minimum atomic E-state index is 0.302. The highest BCUT2D eigenvalue weighted by atomic mass is 16.2. The van der Waals surface area contributed by atoms with Crippen LogP contribution in [0.1, 0.15) is 39.0 Å². The summed E-state index contributed by atoms with van der Waals surface area (Å²) in [6.45, 7) is 5.35. The van der Waals surface area contributed by atoms with Crippen molar-refractivity contribution in [2.45, 2.75) is 39.0 Å². The fourth-order valence-corrected chi connectivity index (χ4v) is 3.43. The van der Waals surface area contributed by atoms with Gasteiger partial charge in [-0.05, 0) is 68.7 Å². The third-order valence-electron chi connectivity index (χ3n) is 5.14. The lowest BCUT2D eigenvalue weighted by atomic mass is 9.85. The van der Waals surface area contributed by atoms with E-state index >= 15 is 0 Å². The summed E-state index contributed by atoms with van der Waals surface area (Å²) < 4.78 is 0. The second kappa shape index (κ2) is 7.28. The van der Waals surface area contributed by atoms with E-state index in [0.29, 0.717) is 24.2 Å². The second-order valence-electron chi connectivity index (χ2n) is 7.07. The number of hydrogen-bond donors (Lipinski definition) is 1. The van der Waals surface area contributed by atoms with E-state index in [0.717, 1.165) is 31.2 Å². The van der Waals surface area contributed by atoms with Gasteiger partial charge in [0.2, 0.25) is 5.91 Å². The molecule has 3 rings (SSSR count). The molecule has 3 nitrogen and oxygen atoms in total. The first kappa shape index (κ1) is 15.5. The van der Waals surface area contributed by atoms with Crippen LogP contribution in [0.25, 0.3) is 0 Å². The summed E-state index contributed by atoms with van der Waals surface area (Å²) in [7, 11) is 0. The smallest absolute Gasteiger partial charge is 0.227 e. The second-order valence-corrected chi connectivity index (χ2v) is 7.07. The topological polar surface area (TPSA) is 32.3 Å².